The van der Waals surface area contributed by atoms with Crippen LogP contribution in [0.15, 0.2) is 28.5 Å². The summed E-state index contributed by atoms with van der Waals surface area (Å²) in [4.78, 5) is 27.6. The molecule has 122 valence electrons. The number of nitrogens with one attached hydrogen (secondary N) is 1. The van der Waals surface area contributed by atoms with E-state index in [2.05, 4.69) is 42.3 Å². The first-order chi connectivity index (χ1) is 11.0. The maximum Gasteiger partial charge on any atom is 0.355 e. The van der Waals surface area contributed by atoms with Gasteiger partial charge in [0.1, 0.15) is 5.01 Å². The van der Waals surface area contributed by atoms with Crippen LogP contribution in [-0.2, 0) is 11.3 Å². The molecule has 0 aliphatic carbocycles. The summed E-state index contributed by atoms with van der Waals surface area (Å²) in [5.74, 6) is -0.413. The number of carboxylic acid groups (broad SMARTS) is 1. The van der Waals surface area contributed by atoms with Gasteiger partial charge in [0.25, 0.3) is 0 Å². The summed E-state index contributed by atoms with van der Waals surface area (Å²) in [5.41, 5.74) is 2.53. The lowest BCUT2D eigenvalue weighted by Gasteiger charge is -2.05. The molecular weight excluding hydrogens is 332 g/mol. The van der Waals surface area contributed by atoms with E-state index in [1.54, 1.807) is 11.8 Å². The fourth-order valence-electron chi connectivity index (χ4n) is 1.82. The highest BCUT2D eigenvalue weighted by atomic mass is 32.2. The lowest BCUT2D eigenvalue weighted by atomic mass is 10.1. The van der Waals surface area contributed by atoms with Crippen LogP contribution >= 0.6 is 23.1 Å². The fraction of sp³-hybridized carbons (Fsp3) is 0.312. The van der Waals surface area contributed by atoms with Crippen molar-refractivity contribution in [3.63, 3.8) is 0 Å². The van der Waals surface area contributed by atoms with Gasteiger partial charge in [-0.3, -0.25) is 4.79 Å². The van der Waals surface area contributed by atoms with E-state index in [-0.39, 0.29) is 18.1 Å². The third kappa shape index (κ3) is 5.37. The van der Waals surface area contributed by atoms with Gasteiger partial charge in [-0.05, 0) is 37.1 Å². The Morgan fingerprint density at radius 3 is 2.74 bits per heavy atom. The van der Waals surface area contributed by atoms with Gasteiger partial charge >= 0.3 is 5.97 Å². The Hall–Kier alpha value is -1.86. The molecular formula is C16H18N2O3S2. The molecule has 0 atom stereocenters. The van der Waals surface area contributed by atoms with Crippen molar-refractivity contribution in [2.45, 2.75) is 31.7 Å². The molecule has 7 heteroatoms. The molecule has 0 unspecified atom stereocenters. The fourth-order valence-corrected chi connectivity index (χ4v) is 3.47. The maximum absolute atomic E-state index is 11.8. The van der Waals surface area contributed by atoms with E-state index >= 15 is 0 Å². The first kappa shape index (κ1) is 17.5. The summed E-state index contributed by atoms with van der Waals surface area (Å²) >= 11 is 2.88. The summed E-state index contributed by atoms with van der Waals surface area (Å²) in [6, 6.07) is 6.27. The van der Waals surface area contributed by atoms with Crippen molar-refractivity contribution in [1.82, 2.24) is 10.3 Å². The van der Waals surface area contributed by atoms with Crippen LogP contribution < -0.4 is 5.32 Å². The molecule has 0 aliphatic rings. The van der Waals surface area contributed by atoms with Gasteiger partial charge in [0, 0.05) is 22.4 Å². The monoisotopic (exact) mass is 350 g/mol. The molecule has 0 saturated carbocycles. The van der Waals surface area contributed by atoms with Gasteiger partial charge in [0.15, 0.2) is 5.69 Å². The predicted octanol–water partition coefficient (Wildman–Crippen LogP) is 3.26. The highest BCUT2D eigenvalue weighted by Crippen LogP contribution is 2.21. The van der Waals surface area contributed by atoms with Crippen LogP contribution in [0.1, 0.15) is 33.0 Å². The lowest BCUT2D eigenvalue weighted by Crippen LogP contribution is -2.23. The van der Waals surface area contributed by atoms with Crippen LogP contribution in [0.25, 0.3) is 0 Å². The number of aromatic carboxylic acids is 1. The molecule has 0 saturated heterocycles. The molecule has 1 aromatic carbocycles. The number of thioether (sulfide) groups is 1. The van der Waals surface area contributed by atoms with Crippen LogP contribution in [0.4, 0.5) is 0 Å². The molecule has 0 spiro atoms. The second-order valence-electron chi connectivity index (χ2n) is 5.05. The zero-order valence-corrected chi connectivity index (χ0v) is 14.6. The number of aromatic nitrogens is 1. The molecule has 0 radical (unpaired) electrons. The molecule has 1 aromatic heterocycles. The van der Waals surface area contributed by atoms with E-state index in [0.29, 0.717) is 17.2 Å². The molecule has 1 heterocycles. The number of carbonyl (C=O) groups excluding carboxylic acids is 1. The number of amides is 1. The van der Waals surface area contributed by atoms with Gasteiger partial charge < -0.3 is 10.4 Å². The van der Waals surface area contributed by atoms with E-state index in [9.17, 15) is 9.59 Å². The van der Waals surface area contributed by atoms with Crippen LogP contribution in [0.3, 0.4) is 0 Å². The van der Waals surface area contributed by atoms with E-state index in [1.807, 2.05) is 0 Å². The summed E-state index contributed by atoms with van der Waals surface area (Å²) in [7, 11) is 0. The third-order valence-electron chi connectivity index (χ3n) is 3.28. The summed E-state index contributed by atoms with van der Waals surface area (Å²) in [6.07, 6.45) is 0.411. The first-order valence-electron chi connectivity index (χ1n) is 7.10. The molecule has 5 nitrogen and oxygen atoms in total. The van der Waals surface area contributed by atoms with Gasteiger partial charge in [-0.1, -0.05) is 6.07 Å². The van der Waals surface area contributed by atoms with Crippen LogP contribution in [0.2, 0.25) is 0 Å². The van der Waals surface area contributed by atoms with Gasteiger partial charge in [0.05, 0.1) is 6.54 Å². The van der Waals surface area contributed by atoms with Crippen molar-refractivity contribution in [1.29, 1.82) is 0 Å². The van der Waals surface area contributed by atoms with Crippen molar-refractivity contribution in [3.8, 4) is 0 Å². The molecule has 1 amide bonds. The van der Waals surface area contributed by atoms with Gasteiger partial charge in [-0.2, -0.15) is 0 Å². The average Bonchev–Trinajstić information content (AvgIpc) is 2.98. The van der Waals surface area contributed by atoms with Gasteiger partial charge in [-0.25, -0.2) is 9.78 Å². The number of hydrogen-bond acceptors (Lipinski definition) is 5. The SMILES string of the molecule is Cc1ccc(SCCC(=O)NCc2nc(C(=O)O)cs2)cc1C. The number of aryl methyl sites for hydroxylation is 2. The minimum absolute atomic E-state index is 0.0181. The molecule has 0 aliphatic heterocycles. The van der Waals surface area contributed by atoms with E-state index in [0.717, 1.165) is 4.90 Å². The molecule has 2 aromatic rings. The Morgan fingerprint density at radius 2 is 2.09 bits per heavy atom. The van der Waals surface area contributed by atoms with Crippen molar-refractivity contribution in [2.75, 3.05) is 5.75 Å². The van der Waals surface area contributed by atoms with E-state index in [1.165, 1.54) is 27.8 Å². The Labute approximate surface area is 143 Å². The number of rotatable bonds is 7. The van der Waals surface area contributed by atoms with Crippen molar-refractivity contribution in [2.24, 2.45) is 0 Å². The summed E-state index contributed by atoms with van der Waals surface area (Å²) in [6.45, 7) is 4.42. The second kappa shape index (κ2) is 8.12. The second-order valence-corrected chi connectivity index (χ2v) is 7.16. The van der Waals surface area contributed by atoms with Crippen molar-refractivity contribution >= 4 is 35.0 Å². The minimum Gasteiger partial charge on any atom is -0.476 e. The number of thiazole rings is 1. The number of nitrogens with zero attached hydrogens (tertiary/aromatic N) is 1. The van der Waals surface area contributed by atoms with E-state index < -0.39 is 5.97 Å². The quantitative estimate of drug-likeness (QED) is 0.749. The standard InChI is InChI=1S/C16H18N2O3S2/c1-10-3-4-12(7-11(10)2)22-6-5-14(19)17-8-15-18-13(9-23-15)16(20)21/h3-4,7,9H,5-6,8H2,1-2H3,(H,17,19)(H,20,21). The van der Waals surface area contributed by atoms with Crippen LogP contribution in [-0.4, -0.2) is 27.7 Å². The average molecular weight is 350 g/mol. The van der Waals surface area contributed by atoms with Crippen LogP contribution in [0.5, 0.6) is 0 Å². The van der Waals surface area contributed by atoms with Gasteiger partial charge in [0.2, 0.25) is 5.91 Å². The Morgan fingerprint density at radius 1 is 1.30 bits per heavy atom. The topological polar surface area (TPSA) is 79.3 Å². The predicted molar refractivity (Wildman–Crippen MR) is 92.2 cm³/mol. The molecule has 23 heavy (non-hydrogen) atoms. The molecule has 0 fully saturated rings. The van der Waals surface area contributed by atoms with E-state index in [4.69, 9.17) is 5.11 Å². The maximum atomic E-state index is 11.8. The third-order valence-corrected chi connectivity index (χ3v) is 5.13. The van der Waals surface area contributed by atoms with Crippen molar-refractivity contribution < 1.29 is 14.7 Å². The lowest BCUT2D eigenvalue weighted by molar-refractivity contribution is -0.120. The molecule has 2 rings (SSSR count). The van der Waals surface area contributed by atoms with Crippen LogP contribution in [0, 0.1) is 13.8 Å². The first-order valence-corrected chi connectivity index (χ1v) is 8.96. The summed E-state index contributed by atoms with van der Waals surface area (Å²) < 4.78 is 0. The highest BCUT2D eigenvalue weighted by molar-refractivity contribution is 7.99. The number of benzene rings is 1. The number of hydrogen-bond donors (Lipinski definition) is 2. The largest absolute Gasteiger partial charge is 0.476 e. The number of carboxylic acids is 1. The normalized spacial score (nSPS) is 10.5. The van der Waals surface area contributed by atoms with Crippen molar-refractivity contribution in [3.05, 3.63) is 45.4 Å². The zero-order valence-electron chi connectivity index (χ0n) is 13.0. The summed E-state index contributed by atoms with van der Waals surface area (Å²) in [5, 5.41) is 13.6. The zero-order chi connectivity index (χ0) is 16.8. The Kier molecular flexibility index (Phi) is 6.18. The molecule has 0 bridgehead atoms. The smallest absolute Gasteiger partial charge is 0.355 e. The Balaban J connectivity index is 1.72. The number of carbonyl (C=O) groups is 2. The Bertz CT molecular complexity index is 713. The highest BCUT2D eigenvalue weighted by Gasteiger charge is 2.09. The van der Waals surface area contributed by atoms with Gasteiger partial charge in [-0.15, -0.1) is 23.1 Å². The molecule has 2 N–H and O–H groups in total. The minimum atomic E-state index is -1.05.